The molecule has 1 aliphatic heterocycles. The second-order valence-corrected chi connectivity index (χ2v) is 4.11. The second kappa shape index (κ2) is 3.61. The van der Waals surface area contributed by atoms with Crippen LogP contribution < -0.4 is 0 Å². The molecule has 1 heterocycles. The molecule has 0 atom stereocenters. The van der Waals surface area contributed by atoms with Crippen molar-refractivity contribution in [2.75, 3.05) is 7.11 Å². The SMILES string of the molecule is COC(=O)C1=CON(C(C)C)C1(C)C. The van der Waals surface area contributed by atoms with Crippen molar-refractivity contribution in [3.63, 3.8) is 0 Å². The van der Waals surface area contributed by atoms with E-state index in [4.69, 9.17) is 4.84 Å². The lowest BCUT2D eigenvalue weighted by Crippen LogP contribution is -2.45. The van der Waals surface area contributed by atoms with Crippen LogP contribution in [0.2, 0.25) is 0 Å². The minimum Gasteiger partial charge on any atom is -0.466 e. The fourth-order valence-electron chi connectivity index (χ4n) is 1.68. The van der Waals surface area contributed by atoms with Crippen LogP contribution in [0.1, 0.15) is 27.7 Å². The molecule has 1 rings (SSSR count). The average Bonchev–Trinajstić information content (AvgIpc) is 2.39. The third-order valence-electron chi connectivity index (χ3n) is 2.37. The minimum absolute atomic E-state index is 0.211. The Balaban J connectivity index is 2.89. The standard InChI is InChI=1S/C10H17NO3/c1-7(2)11-10(3,4)8(6-14-11)9(12)13-5/h6-7H,1-5H3. The van der Waals surface area contributed by atoms with Crippen molar-refractivity contribution in [2.45, 2.75) is 39.3 Å². The van der Waals surface area contributed by atoms with Crippen LogP contribution in [0.5, 0.6) is 0 Å². The van der Waals surface area contributed by atoms with Gasteiger partial charge in [-0.2, -0.15) is 0 Å². The van der Waals surface area contributed by atoms with Gasteiger partial charge in [0.05, 0.1) is 18.2 Å². The predicted octanol–water partition coefficient (Wildman–Crippen LogP) is 1.48. The molecule has 0 bridgehead atoms. The van der Waals surface area contributed by atoms with Crippen molar-refractivity contribution in [2.24, 2.45) is 0 Å². The molecule has 0 radical (unpaired) electrons. The number of hydrogen-bond acceptors (Lipinski definition) is 4. The minimum atomic E-state index is -0.429. The summed E-state index contributed by atoms with van der Waals surface area (Å²) in [5, 5.41) is 1.78. The number of hydroxylamine groups is 2. The Labute approximate surface area is 84.4 Å². The number of nitrogens with zero attached hydrogens (tertiary/aromatic N) is 1. The molecule has 0 saturated carbocycles. The molecule has 0 aromatic heterocycles. The highest BCUT2D eigenvalue weighted by Gasteiger charge is 2.43. The highest BCUT2D eigenvalue weighted by Crippen LogP contribution is 2.33. The first-order valence-corrected chi connectivity index (χ1v) is 4.66. The molecule has 0 aromatic rings. The molecule has 0 unspecified atom stereocenters. The summed E-state index contributed by atoms with van der Waals surface area (Å²) < 4.78 is 4.68. The van der Waals surface area contributed by atoms with E-state index in [0.717, 1.165) is 0 Å². The van der Waals surface area contributed by atoms with E-state index in [-0.39, 0.29) is 12.0 Å². The maximum atomic E-state index is 11.4. The fourth-order valence-corrected chi connectivity index (χ4v) is 1.68. The first-order valence-electron chi connectivity index (χ1n) is 4.66. The van der Waals surface area contributed by atoms with Gasteiger partial charge in [-0.1, -0.05) is 0 Å². The van der Waals surface area contributed by atoms with E-state index in [1.165, 1.54) is 13.4 Å². The molecule has 14 heavy (non-hydrogen) atoms. The van der Waals surface area contributed by atoms with Crippen LogP contribution in [0.15, 0.2) is 11.8 Å². The van der Waals surface area contributed by atoms with Crippen LogP contribution in [-0.2, 0) is 14.4 Å². The Kier molecular flexibility index (Phi) is 2.85. The number of hydrogen-bond donors (Lipinski definition) is 0. The largest absolute Gasteiger partial charge is 0.466 e. The van der Waals surface area contributed by atoms with E-state index in [1.54, 1.807) is 5.06 Å². The molecule has 4 nitrogen and oxygen atoms in total. The van der Waals surface area contributed by atoms with Crippen molar-refractivity contribution in [3.05, 3.63) is 11.8 Å². The highest BCUT2D eigenvalue weighted by atomic mass is 16.7. The smallest absolute Gasteiger partial charge is 0.338 e. The highest BCUT2D eigenvalue weighted by molar-refractivity contribution is 5.90. The molecule has 4 heteroatoms. The predicted molar refractivity (Wildman–Crippen MR) is 52.2 cm³/mol. The van der Waals surface area contributed by atoms with Gasteiger partial charge in [0.2, 0.25) is 0 Å². The first kappa shape index (κ1) is 11.0. The topological polar surface area (TPSA) is 38.8 Å². The zero-order valence-electron chi connectivity index (χ0n) is 9.33. The molecule has 0 N–H and O–H groups in total. The van der Waals surface area contributed by atoms with Crippen molar-refractivity contribution in [1.82, 2.24) is 5.06 Å². The Morgan fingerprint density at radius 1 is 1.57 bits per heavy atom. The number of carbonyl (C=O) groups excluding carboxylic acids is 1. The van der Waals surface area contributed by atoms with E-state index < -0.39 is 5.54 Å². The van der Waals surface area contributed by atoms with Gasteiger partial charge in [-0.3, -0.25) is 0 Å². The quantitative estimate of drug-likeness (QED) is 0.631. The first-order chi connectivity index (χ1) is 6.41. The number of methoxy groups -OCH3 is 1. The Morgan fingerprint density at radius 2 is 2.14 bits per heavy atom. The molecule has 0 fully saturated rings. The second-order valence-electron chi connectivity index (χ2n) is 4.11. The lowest BCUT2D eigenvalue weighted by molar-refractivity contribution is -0.159. The molecule has 0 aromatic carbocycles. The van der Waals surface area contributed by atoms with E-state index in [1.807, 2.05) is 27.7 Å². The number of ether oxygens (including phenoxy) is 1. The van der Waals surface area contributed by atoms with Crippen LogP contribution in [0, 0.1) is 0 Å². The third kappa shape index (κ3) is 1.62. The summed E-state index contributed by atoms with van der Waals surface area (Å²) in [6.07, 6.45) is 1.46. The summed E-state index contributed by atoms with van der Waals surface area (Å²) in [4.78, 5) is 16.7. The van der Waals surface area contributed by atoms with Crippen LogP contribution in [0.3, 0.4) is 0 Å². The molecule has 80 valence electrons. The van der Waals surface area contributed by atoms with Crippen molar-refractivity contribution in [1.29, 1.82) is 0 Å². The number of esters is 1. The maximum absolute atomic E-state index is 11.4. The van der Waals surface area contributed by atoms with Gasteiger partial charge in [0.1, 0.15) is 6.26 Å². The maximum Gasteiger partial charge on any atom is 0.338 e. The summed E-state index contributed by atoms with van der Waals surface area (Å²) in [6.45, 7) is 7.89. The zero-order chi connectivity index (χ0) is 10.9. The van der Waals surface area contributed by atoms with Crippen LogP contribution in [-0.4, -0.2) is 29.7 Å². The van der Waals surface area contributed by atoms with E-state index >= 15 is 0 Å². The Bertz CT molecular complexity index is 269. The van der Waals surface area contributed by atoms with Gasteiger partial charge in [-0.25, -0.2) is 4.79 Å². The summed E-state index contributed by atoms with van der Waals surface area (Å²) >= 11 is 0. The molecular formula is C10H17NO3. The van der Waals surface area contributed by atoms with Gasteiger partial charge in [0.25, 0.3) is 0 Å². The third-order valence-corrected chi connectivity index (χ3v) is 2.37. The van der Waals surface area contributed by atoms with Crippen molar-refractivity contribution in [3.8, 4) is 0 Å². The van der Waals surface area contributed by atoms with Crippen LogP contribution >= 0.6 is 0 Å². The normalized spacial score (nSPS) is 20.6. The molecule has 0 saturated heterocycles. The van der Waals surface area contributed by atoms with Gasteiger partial charge in [-0.15, -0.1) is 5.06 Å². The summed E-state index contributed by atoms with van der Waals surface area (Å²) in [7, 11) is 1.37. The fraction of sp³-hybridized carbons (Fsp3) is 0.700. The molecular weight excluding hydrogens is 182 g/mol. The molecule has 1 aliphatic rings. The van der Waals surface area contributed by atoms with Crippen LogP contribution in [0.4, 0.5) is 0 Å². The van der Waals surface area contributed by atoms with E-state index in [9.17, 15) is 4.79 Å². The van der Waals surface area contributed by atoms with Gasteiger partial charge >= 0.3 is 5.97 Å². The zero-order valence-corrected chi connectivity index (χ0v) is 9.33. The van der Waals surface area contributed by atoms with Gasteiger partial charge in [0.15, 0.2) is 0 Å². The molecule has 0 amide bonds. The average molecular weight is 199 g/mol. The van der Waals surface area contributed by atoms with E-state index in [2.05, 4.69) is 4.74 Å². The summed E-state index contributed by atoms with van der Waals surface area (Å²) in [5.41, 5.74) is 0.120. The summed E-state index contributed by atoms with van der Waals surface area (Å²) in [5.74, 6) is -0.335. The van der Waals surface area contributed by atoms with Crippen molar-refractivity contribution < 1.29 is 14.4 Å². The van der Waals surface area contributed by atoms with Gasteiger partial charge in [0, 0.05) is 6.04 Å². The van der Waals surface area contributed by atoms with Crippen molar-refractivity contribution >= 4 is 5.97 Å². The molecule has 0 aliphatic carbocycles. The van der Waals surface area contributed by atoms with Gasteiger partial charge in [-0.05, 0) is 27.7 Å². The Morgan fingerprint density at radius 3 is 2.50 bits per heavy atom. The molecule has 0 spiro atoms. The lowest BCUT2D eigenvalue weighted by Gasteiger charge is -2.33. The van der Waals surface area contributed by atoms with Gasteiger partial charge < -0.3 is 9.57 Å². The van der Waals surface area contributed by atoms with E-state index in [0.29, 0.717) is 5.57 Å². The number of carbonyl (C=O) groups is 1. The Hall–Kier alpha value is -1.03. The lowest BCUT2D eigenvalue weighted by atomic mass is 9.94. The monoisotopic (exact) mass is 199 g/mol. The van der Waals surface area contributed by atoms with Crippen LogP contribution in [0.25, 0.3) is 0 Å². The number of rotatable bonds is 2. The summed E-state index contributed by atoms with van der Waals surface area (Å²) in [6, 6.07) is 0.211.